The van der Waals surface area contributed by atoms with Gasteiger partial charge in [0.25, 0.3) is 0 Å². The van der Waals surface area contributed by atoms with E-state index in [0.29, 0.717) is 12.0 Å². The SMILES string of the molecule is CCCCC(=O)O[C@@H](C)CC(N)(Cc1ccc(OC(=O)OC(C)C(C)C)c(OC(=O)OC(C)C(C)C)c1)C(=O)O. The van der Waals surface area contributed by atoms with Crippen molar-refractivity contribution in [1.29, 1.82) is 0 Å². The van der Waals surface area contributed by atoms with Crippen LogP contribution in [0, 0.1) is 11.8 Å². The molecular weight excluding hydrogens is 522 g/mol. The molecule has 40 heavy (non-hydrogen) atoms. The fraction of sp³-hybridized carbons (Fsp3) is 0.655. The van der Waals surface area contributed by atoms with Crippen molar-refractivity contribution in [3.05, 3.63) is 23.8 Å². The average Bonchev–Trinajstić information content (AvgIpc) is 2.83. The summed E-state index contributed by atoms with van der Waals surface area (Å²) in [7, 11) is 0. The molecule has 11 heteroatoms. The van der Waals surface area contributed by atoms with Gasteiger partial charge in [-0.3, -0.25) is 9.59 Å². The first kappa shape index (κ1) is 34.7. The quantitative estimate of drug-likeness (QED) is 0.153. The number of ether oxygens (including phenoxy) is 5. The van der Waals surface area contributed by atoms with E-state index in [1.54, 1.807) is 20.8 Å². The number of carbonyl (C=O) groups excluding carboxylic acids is 3. The number of aliphatic carboxylic acids is 1. The maximum absolute atomic E-state index is 12.5. The molecular formula is C29H45NO10. The second-order valence-corrected chi connectivity index (χ2v) is 10.9. The topological polar surface area (TPSA) is 161 Å². The largest absolute Gasteiger partial charge is 0.514 e. The molecule has 0 heterocycles. The van der Waals surface area contributed by atoms with Crippen molar-refractivity contribution in [1.82, 2.24) is 0 Å². The molecule has 1 aromatic rings. The van der Waals surface area contributed by atoms with Gasteiger partial charge in [-0.15, -0.1) is 0 Å². The van der Waals surface area contributed by atoms with E-state index in [9.17, 15) is 24.3 Å². The van der Waals surface area contributed by atoms with Crippen LogP contribution in [0.15, 0.2) is 18.2 Å². The number of hydrogen-bond donors (Lipinski definition) is 2. The molecule has 0 aliphatic heterocycles. The fourth-order valence-electron chi connectivity index (χ4n) is 3.39. The molecule has 0 spiro atoms. The summed E-state index contributed by atoms with van der Waals surface area (Å²) < 4.78 is 26.5. The van der Waals surface area contributed by atoms with Crippen LogP contribution in [0.4, 0.5) is 9.59 Å². The summed E-state index contributed by atoms with van der Waals surface area (Å²) in [5, 5.41) is 9.93. The Labute approximate surface area is 236 Å². The van der Waals surface area contributed by atoms with Crippen LogP contribution in [0.5, 0.6) is 11.5 Å². The number of unbranched alkanes of at least 4 members (excludes halogenated alkanes) is 1. The third kappa shape index (κ3) is 11.8. The first-order valence-corrected chi connectivity index (χ1v) is 13.7. The monoisotopic (exact) mass is 567 g/mol. The number of esters is 1. The number of carboxylic acids is 1. The Morgan fingerprint density at radius 2 is 1.38 bits per heavy atom. The highest BCUT2D eigenvalue weighted by atomic mass is 16.7. The first-order valence-electron chi connectivity index (χ1n) is 13.7. The minimum absolute atomic E-state index is 0.0218. The van der Waals surface area contributed by atoms with E-state index in [1.165, 1.54) is 18.2 Å². The number of benzene rings is 1. The minimum Gasteiger partial charge on any atom is -0.480 e. The van der Waals surface area contributed by atoms with Gasteiger partial charge >= 0.3 is 24.2 Å². The van der Waals surface area contributed by atoms with Crippen molar-refractivity contribution in [2.75, 3.05) is 0 Å². The summed E-state index contributed by atoms with van der Waals surface area (Å²) in [6.45, 7) is 14.4. The highest BCUT2D eigenvalue weighted by Gasteiger charge is 2.37. The van der Waals surface area contributed by atoms with Crippen molar-refractivity contribution in [3.63, 3.8) is 0 Å². The molecule has 0 aliphatic rings. The molecule has 0 aromatic heterocycles. The van der Waals surface area contributed by atoms with Gasteiger partial charge in [-0.05, 0) is 56.7 Å². The molecule has 3 unspecified atom stereocenters. The van der Waals surface area contributed by atoms with E-state index >= 15 is 0 Å². The molecule has 0 amide bonds. The molecule has 0 aliphatic carbocycles. The number of rotatable bonds is 15. The van der Waals surface area contributed by atoms with Crippen LogP contribution in [0.3, 0.4) is 0 Å². The lowest BCUT2D eigenvalue weighted by atomic mass is 9.86. The van der Waals surface area contributed by atoms with Gasteiger partial charge in [0.1, 0.15) is 23.9 Å². The van der Waals surface area contributed by atoms with Crippen LogP contribution in [-0.4, -0.2) is 53.2 Å². The van der Waals surface area contributed by atoms with Gasteiger partial charge < -0.3 is 34.5 Å². The summed E-state index contributed by atoms with van der Waals surface area (Å²) in [4.78, 5) is 49.0. The van der Waals surface area contributed by atoms with Crippen LogP contribution < -0.4 is 15.2 Å². The molecule has 0 radical (unpaired) electrons. The average molecular weight is 568 g/mol. The van der Waals surface area contributed by atoms with Gasteiger partial charge in [-0.25, -0.2) is 9.59 Å². The zero-order valence-corrected chi connectivity index (χ0v) is 24.9. The fourth-order valence-corrected chi connectivity index (χ4v) is 3.39. The lowest BCUT2D eigenvalue weighted by molar-refractivity contribution is -0.153. The van der Waals surface area contributed by atoms with Gasteiger partial charge in [0.15, 0.2) is 11.5 Å². The van der Waals surface area contributed by atoms with Crippen LogP contribution >= 0.6 is 0 Å². The zero-order chi connectivity index (χ0) is 30.6. The predicted molar refractivity (Wildman–Crippen MR) is 147 cm³/mol. The second-order valence-electron chi connectivity index (χ2n) is 10.9. The molecule has 0 saturated heterocycles. The molecule has 226 valence electrons. The van der Waals surface area contributed by atoms with E-state index in [0.717, 1.165) is 6.42 Å². The third-order valence-electron chi connectivity index (χ3n) is 6.50. The lowest BCUT2D eigenvalue weighted by Crippen LogP contribution is -2.52. The molecule has 3 N–H and O–H groups in total. The molecule has 1 rings (SSSR count). The Kier molecular flexibility index (Phi) is 13.9. The van der Waals surface area contributed by atoms with Crippen LogP contribution in [0.1, 0.15) is 86.6 Å². The Hall–Kier alpha value is -3.34. The van der Waals surface area contributed by atoms with Crippen molar-refractivity contribution in [3.8, 4) is 11.5 Å². The molecule has 0 bridgehead atoms. The highest BCUT2D eigenvalue weighted by Crippen LogP contribution is 2.32. The van der Waals surface area contributed by atoms with E-state index < -0.39 is 48.1 Å². The van der Waals surface area contributed by atoms with Gasteiger partial charge in [0.2, 0.25) is 0 Å². The lowest BCUT2D eigenvalue weighted by Gasteiger charge is -2.28. The number of carboxylic acid groups (broad SMARTS) is 1. The highest BCUT2D eigenvalue weighted by molar-refractivity contribution is 5.79. The van der Waals surface area contributed by atoms with E-state index in [2.05, 4.69) is 0 Å². The Balaban J connectivity index is 3.22. The van der Waals surface area contributed by atoms with Crippen molar-refractivity contribution in [2.24, 2.45) is 17.6 Å². The Morgan fingerprint density at radius 1 is 0.850 bits per heavy atom. The van der Waals surface area contributed by atoms with Crippen molar-refractivity contribution in [2.45, 2.75) is 111 Å². The smallest absolute Gasteiger partial charge is 0.480 e. The second kappa shape index (κ2) is 16.1. The number of carbonyl (C=O) groups is 4. The number of hydrogen-bond acceptors (Lipinski definition) is 10. The summed E-state index contributed by atoms with van der Waals surface area (Å²) in [5.41, 5.74) is 4.82. The summed E-state index contributed by atoms with van der Waals surface area (Å²) in [6.07, 6.45) is -2.32. The molecule has 4 atom stereocenters. The standard InChI is InChI=1S/C29H45NO10/c1-9-10-11-25(31)36-19(6)15-29(30,26(32)33)16-22-12-13-23(39-27(34)37-20(7)17(2)3)24(14-22)40-28(35)38-21(8)18(4)5/h12-14,17-21H,9-11,15-16,30H2,1-8H3,(H,32,33)/t19-,20?,21?,29?/m0/s1. The number of nitrogens with two attached hydrogens (primary N) is 1. The predicted octanol–water partition coefficient (Wildman–Crippen LogP) is 5.64. The van der Waals surface area contributed by atoms with Gasteiger partial charge in [0.05, 0.1) is 0 Å². The van der Waals surface area contributed by atoms with Gasteiger partial charge in [-0.1, -0.05) is 47.1 Å². The maximum Gasteiger partial charge on any atom is 0.514 e. The van der Waals surface area contributed by atoms with Gasteiger partial charge in [0, 0.05) is 19.3 Å². The maximum atomic E-state index is 12.5. The molecule has 0 fully saturated rings. The molecule has 0 saturated carbocycles. The molecule has 11 nitrogen and oxygen atoms in total. The molecule has 1 aromatic carbocycles. The van der Waals surface area contributed by atoms with E-state index in [1.807, 2.05) is 34.6 Å². The third-order valence-corrected chi connectivity index (χ3v) is 6.50. The summed E-state index contributed by atoms with van der Waals surface area (Å²) in [5.74, 6) is -1.97. The van der Waals surface area contributed by atoms with Crippen molar-refractivity contribution < 1.29 is 48.0 Å². The summed E-state index contributed by atoms with van der Waals surface area (Å²) in [6, 6.07) is 4.19. The normalized spacial score (nSPS) is 15.0. The van der Waals surface area contributed by atoms with Gasteiger partial charge in [-0.2, -0.15) is 0 Å². The van der Waals surface area contributed by atoms with Crippen LogP contribution in [-0.2, 0) is 30.2 Å². The minimum atomic E-state index is -1.82. The van der Waals surface area contributed by atoms with Crippen LogP contribution in [0.25, 0.3) is 0 Å². The van der Waals surface area contributed by atoms with E-state index in [-0.39, 0.29) is 42.6 Å². The first-order chi connectivity index (χ1) is 18.6. The Morgan fingerprint density at radius 3 is 1.85 bits per heavy atom. The zero-order valence-electron chi connectivity index (χ0n) is 24.9. The summed E-state index contributed by atoms with van der Waals surface area (Å²) >= 11 is 0. The van der Waals surface area contributed by atoms with Crippen molar-refractivity contribution >= 4 is 24.2 Å². The van der Waals surface area contributed by atoms with Crippen LogP contribution in [0.2, 0.25) is 0 Å². The Bertz CT molecular complexity index is 1010. The van der Waals surface area contributed by atoms with E-state index in [4.69, 9.17) is 29.4 Å².